The van der Waals surface area contributed by atoms with E-state index in [-0.39, 0.29) is 30.5 Å². The number of nitrogens with one attached hydrogen (secondary N) is 1. The first-order chi connectivity index (χ1) is 14.1. The van der Waals surface area contributed by atoms with Crippen LogP contribution in [0.4, 0.5) is 13.2 Å². The Morgan fingerprint density at radius 2 is 1.94 bits per heavy atom. The normalized spacial score (nSPS) is 13.9. The van der Waals surface area contributed by atoms with E-state index in [1.165, 1.54) is 19.4 Å². The molecule has 0 aliphatic heterocycles. The third-order valence-corrected chi connectivity index (χ3v) is 4.67. The van der Waals surface area contributed by atoms with Gasteiger partial charge >= 0.3 is 6.18 Å². The minimum Gasteiger partial charge on any atom is -0.497 e. The van der Waals surface area contributed by atoms with Gasteiger partial charge in [0.15, 0.2) is 5.96 Å². The molecule has 0 bridgehead atoms. The van der Waals surface area contributed by atoms with Gasteiger partial charge in [0.05, 0.1) is 7.11 Å². The fraction of sp³-hybridized carbons (Fsp3) is 0.500. The van der Waals surface area contributed by atoms with Gasteiger partial charge in [-0.15, -0.1) is 24.0 Å². The summed E-state index contributed by atoms with van der Waals surface area (Å²) in [5, 5.41) is 13.5. The van der Waals surface area contributed by atoms with Gasteiger partial charge < -0.3 is 24.6 Å². The van der Waals surface area contributed by atoms with Crippen LogP contribution in [0.1, 0.15) is 24.7 Å². The molecular formula is C20H29F3IN5O2. The number of ether oxygens (including phenoxy) is 1. The summed E-state index contributed by atoms with van der Waals surface area (Å²) in [5.41, 5.74) is -2.09. The van der Waals surface area contributed by atoms with E-state index in [9.17, 15) is 18.3 Å². The van der Waals surface area contributed by atoms with Crippen molar-refractivity contribution >= 4 is 29.9 Å². The van der Waals surface area contributed by atoms with Gasteiger partial charge in [-0.25, -0.2) is 4.98 Å². The van der Waals surface area contributed by atoms with E-state index in [0.29, 0.717) is 19.0 Å². The van der Waals surface area contributed by atoms with Gasteiger partial charge in [0.1, 0.15) is 11.6 Å². The van der Waals surface area contributed by atoms with Crippen molar-refractivity contribution in [3.8, 4) is 5.75 Å². The number of benzene rings is 1. The maximum Gasteiger partial charge on any atom is 0.424 e. The molecule has 2 aromatic rings. The molecule has 1 aromatic heterocycles. The molecule has 174 valence electrons. The molecule has 31 heavy (non-hydrogen) atoms. The van der Waals surface area contributed by atoms with Crippen LogP contribution in [0.3, 0.4) is 0 Å². The molecule has 1 aromatic carbocycles. The number of nitrogens with zero attached hydrogens (tertiary/aromatic N) is 4. The minimum atomic E-state index is -4.88. The van der Waals surface area contributed by atoms with E-state index in [1.54, 1.807) is 19.1 Å². The number of imidazole rings is 1. The van der Waals surface area contributed by atoms with Crippen LogP contribution in [0.5, 0.6) is 5.75 Å². The summed E-state index contributed by atoms with van der Waals surface area (Å²) in [6, 6.07) is 7.48. The van der Waals surface area contributed by atoms with Crippen molar-refractivity contribution < 1.29 is 23.0 Å². The number of alkyl halides is 3. The molecule has 0 amide bonds. The molecule has 2 N–H and O–H groups in total. The lowest BCUT2D eigenvalue weighted by atomic mass is 9.98. The van der Waals surface area contributed by atoms with Gasteiger partial charge in [0, 0.05) is 52.5 Å². The summed E-state index contributed by atoms with van der Waals surface area (Å²) >= 11 is 0. The third-order valence-electron chi connectivity index (χ3n) is 4.67. The van der Waals surface area contributed by atoms with Crippen LogP contribution in [-0.4, -0.2) is 58.9 Å². The Morgan fingerprint density at radius 1 is 1.29 bits per heavy atom. The lowest BCUT2D eigenvalue weighted by Crippen LogP contribution is -2.45. The minimum absolute atomic E-state index is 0. The molecule has 0 spiro atoms. The zero-order chi connectivity index (χ0) is 22.4. The molecule has 11 heteroatoms. The highest BCUT2D eigenvalue weighted by Gasteiger charge is 2.57. The quantitative estimate of drug-likeness (QED) is 0.297. The summed E-state index contributed by atoms with van der Waals surface area (Å²) in [7, 11) is 4.79. The van der Waals surface area contributed by atoms with E-state index >= 15 is 0 Å². The number of hydrogen-bond donors (Lipinski definition) is 2. The second-order valence-electron chi connectivity index (χ2n) is 6.91. The Kier molecular flexibility index (Phi) is 10.1. The highest BCUT2D eigenvalue weighted by Crippen LogP contribution is 2.40. The zero-order valence-corrected chi connectivity index (χ0v) is 20.3. The van der Waals surface area contributed by atoms with Gasteiger partial charge in [-0.3, -0.25) is 4.99 Å². The Labute approximate surface area is 197 Å². The van der Waals surface area contributed by atoms with E-state index in [1.807, 2.05) is 31.2 Å². The van der Waals surface area contributed by atoms with E-state index in [4.69, 9.17) is 4.74 Å². The predicted molar refractivity (Wildman–Crippen MR) is 124 cm³/mol. The molecule has 1 unspecified atom stereocenters. The molecular weight excluding hydrogens is 526 g/mol. The van der Waals surface area contributed by atoms with Crippen LogP contribution in [0.2, 0.25) is 0 Å². The van der Waals surface area contributed by atoms with Crippen molar-refractivity contribution in [1.82, 2.24) is 19.8 Å². The van der Waals surface area contributed by atoms with Gasteiger partial charge in [0.25, 0.3) is 0 Å². The zero-order valence-electron chi connectivity index (χ0n) is 18.0. The van der Waals surface area contributed by atoms with Crippen LogP contribution < -0.4 is 10.1 Å². The lowest BCUT2D eigenvalue weighted by molar-refractivity contribution is -0.272. The smallest absolute Gasteiger partial charge is 0.424 e. The van der Waals surface area contributed by atoms with Crippen LogP contribution in [0, 0.1) is 0 Å². The van der Waals surface area contributed by atoms with Crippen molar-refractivity contribution in [2.75, 3.05) is 27.2 Å². The van der Waals surface area contributed by atoms with Gasteiger partial charge in [-0.1, -0.05) is 12.1 Å². The summed E-state index contributed by atoms with van der Waals surface area (Å²) in [4.78, 5) is 9.80. The van der Waals surface area contributed by atoms with Gasteiger partial charge in [-0.2, -0.15) is 13.2 Å². The molecule has 1 atom stereocenters. The Morgan fingerprint density at radius 3 is 2.42 bits per heavy atom. The number of hydrogen-bond acceptors (Lipinski definition) is 4. The van der Waals surface area contributed by atoms with E-state index in [0.717, 1.165) is 15.9 Å². The Balaban J connectivity index is 0.00000480. The maximum absolute atomic E-state index is 13.6. The summed E-state index contributed by atoms with van der Waals surface area (Å²) < 4.78 is 47.2. The highest BCUT2D eigenvalue weighted by molar-refractivity contribution is 14.0. The topological polar surface area (TPSA) is 74.9 Å². The predicted octanol–water partition coefficient (Wildman–Crippen LogP) is 3.28. The van der Waals surface area contributed by atoms with Gasteiger partial charge in [-0.05, 0) is 24.6 Å². The largest absolute Gasteiger partial charge is 0.497 e. The summed E-state index contributed by atoms with van der Waals surface area (Å²) in [6.07, 6.45) is -2.94. The van der Waals surface area contributed by atoms with Crippen LogP contribution in [0.15, 0.2) is 41.7 Å². The number of methoxy groups -OCH3 is 1. The van der Waals surface area contributed by atoms with Crippen molar-refractivity contribution in [3.05, 3.63) is 48.0 Å². The highest BCUT2D eigenvalue weighted by atomic mass is 127. The van der Waals surface area contributed by atoms with Crippen LogP contribution in [-0.2, 0) is 19.2 Å². The van der Waals surface area contributed by atoms with Crippen LogP contribution in [0.25, 0.3) is 0 Å². The molecule has 0 fully saturated rings. The number of aliphatic imine (C=N–C) groups is 1. The first-order valence-electron chi connectivity index (χ1n) is 9.51. The average molecular weight is 555 g/mol. The number of aromatic nitrogens is 2. The number of halogens is 4. The number of aryl methyl sites for hydroxylation is 1. The van der Waals surface area contributed by atoms with Crippen molar-refractivity contribution in [1.29, 1.82) is 0 Å². The Bertz CT molecular complexity index is 842. The molecule has 0 aliphatic carbocycles. The summed E-state index contributed by atoms with van der Waals surface area (Å²) in [5.74, 6) is 0.724. The maximum atomic E-state index is 13.6. The first kappa shape index (κ1) is 27.0. The fourth-order valence-corrected chi connectivity index (χ4v) is 3.02. The monoisotopic (exact) mass is 555 g/mol. The second kappa shape index (κ2) is 11.6. The molecule has 7 nitrogen and oxygen atoms in total. The SMILES string of the molecule is CCNC(=NCCC(O)(c1nccn1C)C(F)(F)F)N(C)Cc1ccc(OC)cc1.I. The molecule has 0 saturated heterocycles. The Hall–Kier alpha value is -2.02. The lowest BCUT2D eigenvalue weighted by Gasteiger charge is -2.29. The van der Waals surface area contributed by atoms with E-state index in [2.05, 4.69) is 15.3 Å². The van der Waals surface area contributed by atoms with Crippen molar-refractivity contribution in [2.45, 2.75) is 31.7 Å². The molecule has 2 rings (SSSR count). The van der Waals surface area contributed by atoms with Crippen molar-refractivity contribution in [3.63, 3.8) is 0 Å². The first-order valence-corrected chi connectivity index (χ1v) is 9.51. The number of aliphatic hydroxyl groups is 1. The van der Waals surface area contributed by atoms with Crippen molar-refractivity contribution in [2.24, 2.45) is 12.0 Å². The molecule has 1 heterocycles. The fourth-order valence-electron chi connectivity index (χ4n) is 3.02. The van der Waals surface area contributed by atoms with Crippen LogP contribution >= 0.6 is 24.0 Å². The standard InChI is InChI=1S/C20H28F3N5O2.HI/c1-5-24-18(28(3)14-15-6-8-16(30-4)9-7-15)26-11-10-19(29,20(21,22)23)17-25-12-13-27(17)2;/h6-9,12-13,29H,5,10-11,14H2,1-4H3,(H,24,26);1H. The molecule has 0 radical (unpaired) electrons. The molecule has 0 saturated carbocycles. The van der Waals surface area contributed by atoms with Gasteiger partial charge in [0.2, 0.25) is 5.60 Å². The number of rotatable bonds is 8. The van der Waals surface area contributed by atoms with E-state index < -0.39 is 24.0 Å². The number of guanidine groups is 1. The molecule has 0 aliphatic rings. The third kappa shape index (κ3) is 6.73. The second-order valence-corrected chi connectivity index (χ2v) is 6.91. The summed E-state index contributed by atoms with van der Waals surface area (Å²) in [6.45, 7) is 2.68. The average Bonchev–Trinajstić information content (AvgIpc) is 3.13.